The van der Waals surface area contributed by atoms with E-state index < -0.39 is 5.97 Å². The molecule has 6 nitrogen and oxygen atoms in total. The molecule has 0 unspecified atom stereocenters. The first-order valence-electron chi connectivity index (χ1n) is 6.48. The third kappa shape index (κ3) is 3.34. The van der Waals surface area contributed by atoms with Crippen LogP contribution in [0.4, 0.5) is 5.69 Å². The van der Waals surface area contributed by atoms with E-state index in [0.29, 0.717) is 6.54 Å². The van der Waals surface area contributed by atoms with Gasteiger partial charge in [-0.2, -0.15) is 5.10 Å². The Morgan fingerprint density at radius 3 is 2.65 bits per heavy atom. The molecule has 1 aromatic heterocycles. The number of hydrogen-bond acceptors (Lipinski definition) is 4. The van der Waals surface area contributed by atoms with E-state index in [1.54, 1.807) is 9.58 Å². The molecule has 1 N–H and O–H groups in total. The molecule has 0 aliphatic rings. The molecule has 2 aromatic rings. The molecule has 0 saturated carbocycles. The molecule has 0 atom stereocenters. The second kappa shape index (κ2) is 6.18. The quantitative estimate of drug-likeness (QED) is 0.871. The summed E-state index contributed by atoms with van der Waals surface area (Å²) in [7, 11) is 0. The second-order valence-corrected chi connectivity index (χ2v) is 4.80. The number of rotatable bonds is 6. The van der Waals surface area contributed by atoms with Gasteiger partial charge in [0, 0.05) is 11.7 Å². The van der Waals surface area contributed by atoms with Gasteiger partial charge < -0.3 is 10.0 Å². The van der Waals surface area contributed by atoms with Gasteiger partial charge in [-0.3, -0.25) is 4.79 Å². The van der Waals surface area contributed by atoms with Gasteiger partial charge in [-0.1, -0.05) is 18.2 Å². The molecule has 1 aromatic carbocycles. The highest BCUT2D eigenvalue weighted by molar-refractivity contribution is 5.73. The summed E-state index contributed by atoms with van der Waals surface area (Å²) >= 11 is 0. The summed E-state index contributed by atoms with van der Waals surface area (Å²) in [4.78, 5) is 17.0. The third-order valence-corrected chi connectivity index (χ3v) is 2.92. The molecule has 20 heavy (non-hydrogen) atoms. The van der Waals surface area contributed by atoms with Crippen molar-refractivity contribution in [1.29, 1.82) is 0 Å². The maximum atomic E-state index is 11.0. The number of hydrogen-bond donors (Lipinski definition) is 1. The van der Waals surface area contributed by atoms with Crippen LogP contribution in [0.2, 0.25) is 0 Å². The lowest BCUT2D eigenvalue weighted by molar-refractivity contribution is -0.135. The van der Waals surface area contributed by atoms with Crippen LogP contribution in [-0.4, -0.2) is 32.4 Å². The summed E-state index contributed by atoms with van der Waals surface area (Å²) in [5, 5.41) is 13.2. The first-order valence-corrected chi connectivity index (χ1v) is 6.48. The van der Waals surface area contributed by atoms with Crippen molar-refractivity contribution in [2.45, 2.75) is 26.4 Å². The van der Waals surface area contributed by atoms with Crippen molar-refractivity contribution in [3.8, 4) is 0 Å². The maximum absolute atomic E-state index is 11.0. The molecule has 0 saturated heterocycles. The zero-order valence-electron chi connectivity index (χ0n) is 11.6. The van der Waals surface area contributed by atoms with Crippen molar-refractivity contribution in [2.24, 2.45) is 0 Å². The molecular formula is C14H18N4O2. The van der Waals surface area contributed by atoms with E-state index in [1.807, 2.05) is 44.2 Å². The molecule has 1 heterocycles. The van der Waals surface area contributed by atoms with Crippen LogP contribution in [0, 0.1) is 0 Å². The average Bonchev–Trinajstić information content (AvgIpc) is 2.87. The van der Waals surface area contributed by atoms with Gasteiger partial charge in [0.2, 0.25) is 0 Å². The molecule has 0 spiro atoms. The predicted octanol–water partition coefficient (Wildman–Crippen LogP) is 1.95. The van der Waals surface area contributed by atoms with Gasteiger partial charge in [-0.15, -0.1) is 0 Å². The van der Waals surface area contributed by atoms with Crippen LogP contribution >= 0.6 is 0 Å². The maximum Gasteiger partial charge on any atom is 0.323 e. The van der Waals surface area contributed by atoms with Gasteiger partial charge in [-0.25, -0.2) is 9.67 Å². The normalized spacial score (nSPS) is 10.8. The number of benzene rings is 1. The zero-order chi connectivity index (χ0) is 14.5. The van der Waals surface area contributed by atoms with Crippen LogP contribution in [-0.2, 0) is 11.3 Å². The number of para-hydroxylation sites is 1. The van der Waals surface area contributed by atoms with Crippen molar-refractivity contribution in [3.05, 3.63) is 42.5 Å². The number of carboxylic acids is 1. The van der Waals surface area contributed by atoms with Crippen molar-refractivity contribution in [1.82, 2.24) is 14.8 Å². The Kier molecular flexibility index (Phi) is 4.34. The summed E-state index contributed by atoms with van der Waals surface area (Å²) < 4.78 is 1.80. The lowest BCUT2D eigenvalue weighted by Gasteiger charge is -2.23. The van der Waals surface area contributed by atoms with E-state index in [1.165, 1.54) is 6.33 Å². The first-order chi connectivity index (χ1) is 9.58. The van der Waals surface area contributed by atoms with Gasteiger partial charge >= 0.3 is 5.97 Å². The fraction of sp³-hybridized carbons (Fsp3) is 0.357. The Morgan fingerprint density at radius 1 is 1.35 bits per heavy atom. The van der Waals surface area contributed by atoms with Gasteiger partial charge in [0.05, 0.1) is 6.54 Å². The van der Waals surface area contributed by atoms with Crippen molar-refractivity contribution >= 4 is 11.7 Å². The number of anilines is 1. The first kappa shape index (κ1) is 14.0. The lowest BCUT2D eigenvalue weighted by atomic mass is 10.2. The average molecular weight is 274 g/mol. The van der Waals surface area contributed by atoms with Gasteiger partial charge in [0.15, 0.2) is 0 Å². The highest BCUT2D eigenvalue weighted by atomic mass is 16.4. The Hall–Kier alpha value is -2.37. The molecule has 0 aliphatic carbocycles. The second-order valence-electron chi connectivity index (χ2n) is 4.80. The zero-order valence-corrected chi connectivity index (χ0v) is 11.6. The number of carbonyl (C=O) groups is 1. The largest absolute Gasteiger partial charge is 0.480 e. The molecule has 0 amide bonds. The Morgan fingerprint density at radius 2 is 2.05 bits per heavy atom. The minimum Gasteiger partial charge on any atom is -0.480 e. The standard InChI is InChI=1S/C14H18N4O2/c1-11(2)18-13(15-10-16-18)8-17(9-14(19)20)12-6-4-3-5-7-12/h3-7,10-11H,8-9H2,1-2H3,(H,19,20). The Labute approximate surface area is 117 Å². The summed E-state index contributed by atoms with van der Waals surface area (Å²) in [6, 6.07) is 9.64. The van der Waals surface area contributed by atoms with E-state index in [9.17, 15) is 4.79 Å². The van der Waals surface area contributed by atoms with Crippen LogP contribution in [0.1, 0.15) is 25.7 Å². The van der Waals surface area contributed by atoms with E-state index in [2.05, 4.69) is 10.1 Å². The molecular weight excluding hydrogens is 256 g/mol. The van der Waals surface area contributed by atoms with Gasteiger partial charge in [-0.05, 0) is 26.0 Å². The molecule has 0 bridgehead atoms. The van der Waals surface area contributed by atoms with E-state index >= 15 is 0 Å². The van der Waals surface area contributed by atoms with Crippen molar-refractivity contribution in [3.63, 3.8) is 0 Å². The monoisotopic (exact) mass is 274 g/mol. The highest BCUT2D eigenvalue weighted by Crippen LogP contribution is 2.16. The summed E-state index contributed by atoms with van der Waals surface area (Å²) in [5.74, 6) is -0.116. The van der Waals surface area contributed by atoms with Crippen LogP contribution in [0.5, 0.6) is 0 Å². The third-order valence-electron chi connectivity index (χ3n) is 2.92. The van der Waals surface area contributed by atoms with Gasteiger partial charge in [0.1, 0.15) is 18.7 Å². The summed E-state index contributed by atoms with van der Waals surface area (Å²) in [5.41, 5.74) is 0.855. The smallest absolute Gasteiger partial charge is 0.323 e. The van der Waals surface area contributed by atoms with Crippen LogP contribution in [0.15, 0.2) is 36.7 Å². The van der Waals surface area contributed by atoms with Crippen molar-refractivity contribution < 1.29 is 9.90 Å². The summed E-state index contributed by atoms with van der Waals surface area (Å²) in [6.07, 6.45) is 1.50. The minimum absolute atomic E-state index is 0.0744. The molecule has 6 heteroatoms. The Balaban J connectivity index is 2.24. The molecule has 2 rings (SSSR count). The van der Waals surface area contributed by atoms with Crippen LogP contribution in [0.3, 0.4) is 0 Å². The molecule has 106 valence electrons. The summed E-state index contributed by atoms with van der Waals surface area (Å²) in [6.45, 7) is 4.37. The van der Waals surface area contributed by atoms with E-state index in [4.69, 9.17) is 5.11 Å². The van der Waals surface area contributed by atoms with Crippen LogP contribution in [0.25, 0.3) is 0 Å². The number of aliphatic carboxylic acids is 1. The molecule has 0 fully saturated rings. The van der Waals surface area contributed by atoms with E-state index in [0.717, 1.165) is 11.5 Å². The van der Waals surface area contributed by atoms with E-state index in [-0.39, 0.29) is 12.6 Å². The SMILES string of the molecule is CC(C)n1ncnc1CN(CC(=O)O)c1ccccc1. The van der Waals surface area contributed by atoms with Crippen LogP contribution < -0.4 is 4.90 Å². The number of carboxylic acid groups (broad SMARTS) is 1. The predicted molar refractivity (Wildman–Crippen MR) is 75.5 cm³/mol. The fourth-order valence-electron chi connectivity index (χ4n) is 2.03. The van der Waals surface area contributed by atoms with Gasteiger partial charge in [0.25, 0.3) is 0 Å². The fourth-order valence-corrected chi connectivity index (χ4v) is 2.03. The lowest BCUT2D eigenvalue weighted by Crippen LogP contribution is -2.30. The molecule has 0 radical (unpaired) electrons. The minimum atomic E-state index is -0.871. The molecule has 0 aliphatic heterocycles. The topological polar surface area (TPSA) is 71.2 Å². The number of nitrogens with zero attached hydrogens (tertiary/aromatic N) is 4. The highest BCUT2D eigenvalue weighted by Gasteiger charge is 2.15. The Bertz CT molecular complexity index is 566. The number of aromatic nitrogens is 3. The van der Waals surface area contributed by atoms with Crippen molar-refractivity contribution in [2.75, 3.05) is 11.4 Å².